The van der Waals surface area contributed by atoms with Crippen LogP contribution in [0.1, 0.15) is 13.8 Å². The van der Waals surface area contributed by atoms with Crippen molar-refractivity contribution in [1.82, 2.24) is 25.4 Å². The highest BCUT2D eigenvalue weighted by Gasteiger charge is 2.18. The summed E-state index contributed by atoms with van der Waals surface area (Å²) in [5, 5.41) is 13.5. The molecular weight excluding hydrogens is 424 g/mol. The first-order valence-corrected chi connectivity index (χ1v) is 10.5. The van der Waals surface area contributed by atoms with Crippen LogP contribution >= 0.6 is 11.8 Å². The Kier molecular flexibility index (Phi) is 7.35. The van der Waals surface area contributed by atoms with Crippen LogP contribution in [0.15, 0.2) is 53.7 Å². The maximum Gasteiger partial charge on any atom is 0.321 e. The van der Waals surface area contributed by atoms with Gasteiger partial charge in [-0.1, -0.05) is 25.6 Å². The van der Waals surface area contributed by atoms with E-state index in [1.807, 2.05) is 13.8 Å². The van der Waals surface area contributed by atoms with E-state index >= 15 is 0 Å². The maximum atomic E-state index is 13.4. The lowest BCUT2D eigenvalue weighted by molar-refractivity contribution is -0.117. The van der Waals surface area contributed by atoms with Crippen LogP contribution in [0.4, 0.5) is 13.6 Å². The summed E-state index contributed by atoms with van der Waals surface area (Å²) < 4.78 is 28.4. The van der Waals surface area contributed by atoms with E-state index in [0.717, 1.165) is 11.8 Å². The predicted molar refractivity (Wildman–Crippen MR) is 114 cm³/mol. The van der Waals surface area contributed by atoms with Gasteiger partial charge in [-0.15, -0.1) is 10.2 Å². The normalized spacial score (nSPS) is 10.9. The Labute approximate surface area is 182 Å². The number of imide groups is 1. The molecule has 0 aliphatic heterocycles. The Balaban J connectivity index is 1.80. The van der Waals surface area contributed by atoms with Gasteiger partial charge in [0, 0.05) is 17.8 Å². The van der Waals surface area contributed by atoms with E-state index in [2.05, 4.69) is 20.8 Å². The minimum atomic E-state index is -0.564. The Bertz CT molecular complexity index is 1050. The second-order valence-corrected chi connectivity index (χ2v) is 8.01. The first kappa shape index (κ1) is 22.4. The molecule has 1 heterocycles. The molecule has 0 bridgehead atoms. The molecule has 2 N–H and O–H groups in total. The van der Waals surface area contributed by atoms with Crippen molar-refractivity contribution < 1.29 is 18.4 Å². The van der Waals surface area contributed by atoms with Crippen molar-refractivity contribution in [2.45, 2.75) is 19.0 Å². The van der Waals surface area contributed by atoms with E-state index in [9.17, 15) is 18.4 Å². The largest absolute Gasteiger partial charge is 0.338 e. The number of rotatable bonds is 7. The van der Waals surface area contributed by atoms with Gasteiger partial charge in [0.05, 0.1) is 5.75 Å². The van der Waals surface area contributed by atoms with Crippen LogP contribution in [0.3, 0.4) is 0 Å². The molecule has 0 radical (unpaired) electrons. The minimum Gasteiger partial charge on any atom is -0.338 e. The third-order valence-electron chi connectivity index (χ3n) is 4.08. The average Bonchev–Trinajstić information content (AvgIpc) is 3.16. The van der Waals surface area contributed by atoms with Gasteiger partial charge in [-0.05, 0) is 54.4 Å². The molecular formula is C21H21F2N5O2S. The number of benzene rings is 2. The summed E-state index contributed by atoms with van der Waals surface area (Å²) in [6.45, 7) is 4.34. The van der Waals surface area contributed by atoms with Gasteiger partial charge in [0.15, 0.2) is 11.0 Å². The molecule has 162 valence electrons. The molecule has 31 heavy (non-hydrogen) atoms. The number of carbonyl (C=O) groups excluding carboxylic acids is 2. The summed E-state index contributed by atoms with van der Waals surface area (Å²) in [6, 6.07) is 10.8. The Morgan fingerprint density at radius 3 is 2.23 bits per heavy atom. The van der Waals surface area contributed by atoms with Crippen molar-refractivity contribution in [3.05, 3.63) is 60.2 Å². The molecule has 0 aliphatic rings. The fourth-order valence-corrected chi connectivity index (χ4v) is 3.36. The minimum absolute atomic E-state index is 0.0855. The molecule has 0 saturated carbocycles. The fourth-order valence-electron chi connectivity index (χ4n) is 2.61. The maximum absolute atomic E-state index is 13.4. The molecule has 3 aromatic rings. The van der Waals surface area contributed by atoms with Crippen LogP contribution in [-0.4, -0.2) is 39.0 Å². The van der Waals surface area contributed by atoms with Crippen molar-refractivity contribution >= 4 is 23.7 Å². The molecule has 10 heteroatoms. The Morgan fingerprint density at radius 2 is 1.61 bits per heavy atom. The lowest BCUT2D eigenvalue weighted by Gasteiger charge is -2.11. The van der Waals surface area contributed by atoms with Crippen molar-refractivity contribution in [2.75, 3.05) is 12.3 Å². The molecule has 1 aromatic heterocycles. The van der Waals surface area contributed by atoms with Gasteiger partial charge >= 0.3 is 6.03 Å². The van der Waals surface area contributed by atoms with Crippen LogP contribution < -0.4 is 10.6 Å². The standard InChI is InChI=1S/C21H21F2N5O2S/c1-13(2)11-24-20(30)25-18(29)12-31-21-27-26-19(14-3-5-15(22)6-4-14)28(21)17-9-7-16(23)8-10-17/h3-10,13H,11-12H2,1-2H3,(H2,24,25,29,30). The van der Waals surface area contributed by atoms with Gasteiger partial charge in [0.2, 0.25) is 5.91 Å². The molecule has 0 spiro atoms. The summed E-state index contributed by atoms with van der Waals surface area (Å²) in [4.78, 5) is 23.9. The third kappa shape index (κ3) is 6.11. The van der Waals surface area contributed by atoms with E-state index < -0.39 is 23.6 Å². The van der Waals surface area contributed by atoms with E-state index in [-0.39, 0.29) is 11.7 Å². The number of aromatic nitrogens is 3. The number of thioether (sulfide) groups is 1. The van der Waals surface area contributed by atoms with Crippen molar-refractivity contribution in [1.29, 1.82) is 0 Å². The topological polar surface area (TPSA) is 88.9 Å². The second-order valence-electron chi connectivity index (χ2n) is 7.07. The van der Waals surface area contributed by atoms with Gasteiger partial charge < -0.3 is 5.32 Å². The summed E-state index contributed by atoms with van der Waals surface area (Å²) in [5.74, 6) is -0.709. The molecule has 7 nitrogen and oxygen atoms in total. The number of hydrogen-bond donors (Lipinski definition) is 2. The first-order valence-electron chi connectivity index (χ1n) is 9.51. The van der Waals surface area contributed by atoms with Crippen molar-refractivity contribution in [3.63, 3.8) is 0 Å². The molecule has 0 aliphatic carbocycles. The Hall–Kier alpha value is -3.27. The number of halogens is 2. The smallest absolute Gasteiger partial charge is 0.321 e. The van der Waals surface area contributed by atoms with Crippen molar-refractivity contribution in [2.24, 2.45) is 5.92 Å². The fraction of sp³-hybridized carbons (Fsp3) is 0.238. The summed E-state index contributed by atoms with van der Waals surface area (Å²) in [5.41, 5.74) is 1.17. The van der Waals surface area contributed by atoms with Crippen LogP contribution in [-0.2, 0) is 4.79 Å². The third-order valence-corrected chi connectivity index (χ3v) is 5.01. The van der Waals surface area contributed by atoms with Gasteiger partial charge in [-0.2, -0.15) is 0 Å². The number of carbonyl (C=O) groups is 2. The Morgan fingerprint density at radius 1 is 1.00 bits per heavy atom. The number of nitrogens with one attached hydrogen (secondary N) is 2. The van der Waals surface area contributed by atoms with E-state index in [1.54, 1.807) is 28.8 Å². The average molecular weight is 445 g/mol. The number of urea groups is 1. The summed E-state index contributed by atoms with van der Waals surface area (Å²) >= 11 is 1.07. The quantitative estimate of drug-likeness (QED) is 0.540. The van der Waals surface area contributed by atoms with E-state index in [0.29, 0.717) is 28.8 Å². The highest BCUT2D eigenvalue weighted by Crippen LogP contribution is 2.28. The molecule has 0 saturated heterocycles. The molecule has 0 fully saturated rings. The zero-order chi connectivity index (χ0) is 22.4. The van der Waals surface area contributed by atoms with E-state index in [4.69, 9.17) is 0 Å². The second kappa shape index (κ2) is 10.2. The highest BCUT2D eigenvalue weighted by molar-refractivity contribution is 7.99. The SMILES string of the molecule is CC(C)CNC(=O)NC(=O)CSc1nnc(-c2ccc(F)cc2)n1-c1ccc(F)cc1. The van der Waals surface area contributed by atoms with Crippen LogP contribution in [0.2, 0.25) is 0 Å². The molecule has 3 rings (SSSR count). The van der Waals surface area contributed by atoms with Gasteiger partial charge in [-0.25, -0.2) is 13.6 Å². The van der Waals surface area contributed by atoms with E-state index in [1.165, 1.54) is 24.3 Å². The molecule has 2 aromatic carbocycles. The monoisotopic (exact) mass is 445 g/mol. The number of nitrogens with zero attached hydrogens (tertiary/aromatic N) is 3. The number of amides is 3. The highest BCUT2D eigenvalue weighted by atomic mass is 32.2. The van der Waals surface area contributed by atoms with Crippen LogP contribution in [0, 0.1) is 17.6 Å². The zero-order valence-electron chi connectivity index (χ0n) is 16.9. The van der Waals surface area contributed by atoms with Crippen molar-refractivity contribution in [3.8, 4) is 17.1 Å². The van der Waals surface area contributed by atoms with Gasteiger partial charge in [0.25, 0.3) is 0 Å². The lowest BCUT2D eigenvalue weighted by atomic mass is 10.2. The summed E-state index contributed by atoms with van der Waals surface area (Å²) in [6.07, 6.45) is 0. The predicted octanol–water partition coefficient (Wildman–Crippen LogP) is 3.79. The zero-order valence-corrected chi connectivity index (χ0v) is 17.7. The molecule has 0 unspecified atom stereocenters. The lowest BCUT2D eigenvalue weighted by Crippen LogP contribution is -2.41. The molecule has 3 amide bonds. The van der Waals surface area contributed by atoms with Gasteiger partial charge in [0.1, 0.15) is 11.6 Å². The first-order chi connectivity index (χ1) is 14.8. The van der Waals surface area contributed by atoms with Crippen LogP contribution in [0.5, 0.6) is 0 Å². The molecule has 0 atom stereocenters. The summed E-state index contributed by atoms with van der Waals surface area (Å²) in [7, 11) is 0. The van der Waals surface area contributed by atoms with Crippen LogP contribution in [0.25, 0.3) is 17.1 Å². The van der Waals surface area contributed by atoms with Gasteiger partial charge in [-0.3, -0.25) is 14.7 Å². The number of hydrogen-bond acceptors (Lipinski definition) is 5.